The van der Waals surface area contributed by atoms with Crippen molar-refractivity contribution in [1.82, 2.24) is 0 Å². The molecule has 7 heteroatoms. The molecule has 174 valence electrons. The smallest absolute Gasteiger partial charge is 0.308 e. The van der Waals surface area contributed by atoms with Crippen LogP contribution in [0.5, 0.6) is 0 Å². The van der Waals surface area contributed by atoms with Crippen molar-refractivity contribution in [3.8, 4) is 0 Å². The van der Waals surface area contributed by atoms with Crippen molar-refractivity contribution >= 4 is 38.1 Å². The predicted octanol–water partition coefficient (Wildman–Crippen LogP) is 5.18. The van der Waals surface area contributed by atoms with Gasteiger partial charge in [0.2, 0.25) is 0 Å². The van der Waals surface area contributed by atoms with Crippen LogP contribution in [-0.2, 0) is 14.8 Å². The maximum atomic E-state index is 13.5. The fourth-order valence-electron chi connectivity index (χ4n) is 4.82. The van der Waals surface area contributed by atoms with E-state index in [0.29, 0.717) is 23.5 Å². The standard InChI is InChI=1S/C26H30N2O4S/c1-16-14-17(2)19(4)25(18(16)3)33(31,32)27-23-11-12-24(22-10-6-5-9-21(22)23)28-13-7-8-20(15-28)26(29)30/h5-6,9-12,14,20,27H,7-8,13,15H2,1-4H3,(H,29,30)/t20-/m1/s1. The van der Waals surface area contributed by atoms with E-state index in [0.717, 1.165) is 51.7 Å². The van der Waals surface area contributed by atoms with Gasteiger partial charge in [0.05, 0.1) is 16.5 Å². The minimum absolute atomic E-state index is 0.327. The second kappa shape index (κ2) is 8.71. The minimum atomic E-state index is -3.81. The Kier molecular flexibility index (Phi) is 6.10. The summed E-state index contributed by atoms with van der Waals surface area (Å²) in [6, 6.07) is 13.3. The van der Waals surface area contributed by atoms with Crippen LogP contribution in [0.15, 0.2) is 47.4 Å². The first-order valence-corrected chi connectivity index (χ1v) is 12.7. The van der Waals surface area contributed by atoms with Gasteiger partial charge in [0.15, 0.2) is 0 Å². The van der Waals surface area contributed by atoms with Gasteiger partial charge in [0.25, 0.3) is 10.0 Å². The molecule has 33 heavy (non-hydrogen) atoms. The Bertz CT molecular complexity index is 1320. The molecule has 3 aromatic rings. The van der Waals surface area contributed by atoms with Crippen molar-refractivity contribution in [3.63, 3.8) is 0 Å². The fraction of sp³-hybridized carbons (Fsp3) is 0.346. The molecule has 1 aliphatic heterocycles. The van der Waals surface area contributed by atoms with Crippen LogP contribution in [0.2, 0.25) is 0 Å². The van der Waals surface area contributed by atoms with E-state index < -0.39 is 21.9 Å². The molecule has 0 radical (unpaired) electrons. The van der Waals surface area contributed by atoms with E-state index in [1.165, 1.54) is 0 Å². The summed E-state index contributed by atoms with van der Waals surface area (Å²) in [5, 5.41) is 11.2. The number of aryl methyl sites for hydroxylation is 2. The third-order valence-corrected chi connectivity index (χ3v) is 8.46. The topological polar surface area (TPSA) is 86.7 Å². The number of aliphatic carboxylic acids is 1. The first-order chi connectivity index (χ1) is 15.6. The van der Waals surface area contributed by atoms with Crippen molar-refractivity contribution in [2.75, 3.05) is 22.7 Å². The number of carboxylic acids is 1. The molecule has 1 aliphatic rings. The Labute approximate surface area is 195 Å². The van der Waals surface area contributed by atoms with Gasteiger partial charge in [-0.25, -0.2) is 8.42 Å². The number of carbonyl (C=O) groups is 1. The van der Waals surface area contributed by atoms with Gasteiger partial charge < -0.3 is 10.0 Å². The zero-order valence-electron chi connectivity index (χ0n) is 19.5. The number of fused-ring (bicyclic) bond motifs is 1. The number of piperidine rings is 1. The third kappa shape index (κ3) is 4.29. The van der Waals surface area contributed by atoms with E-state index >= 15 is 0 Å². The third-order valence-electron chi connectivity index (χ3n) is 6.82. The second-order valence-corrected chi connectivity index (χ2v) is 10.6. The van der Waals surface area contributed by atoms with Crippen molar-refractivity contribution in [2.24, 2.45) is 5.92 Å². The number of benzene rings is 3. The van der Waals surface area contributed by atoms with Crippen LogP contribution in [0.25, 0.3) is 10.8 Å². The number of hydrogen-bond acceptors (Lipinski definition) is 4. The highest BCUT2D eigenvalue weighted by molar-refractivity contribution is 7.92. The molecule has 0 aliphatic carbocycles. The molecular weight excluding hydrogens is 436 g/mol. The number of nitrogens with one attached hydrogen (secondary N) is 1. The van der Waals surface area contributed by atoms with Crippen LogP contribution >= 0.6 is 0 Å². The van der Waals surface area contributed by atoms with E-state index in [1.807, 2.05) is 64.1 Å². The summed E-state index contributed by atoms with van der Waals surface area (Å²) in [5.74, 6) is -1.17. The van der Waals surface area contributed by atoms with E-state index in [1.54, 1.807) is 6.07 Å². The van der Waals surface area contributed by atoms with E-state index in [2.05, 4.69) is 9.62 Å². The molecule has 0 unspecified atom stereocenters. The van der Waals surface area contributed by atoms with Crippen molar-refractivity contribution in [1.29, 1.82) is 0 Å². The average molecular weight is 467 g/mol. The summed E-state index contributed by atoms with van der Waals surface area (Å²) in [6.45, 7) is 8.76. The Morgan fingerprint density at radius 3 is 2.27 bits per heavy atom. The lowest BCUT2D eigenvalue weighted by atomic mass is 9.96. The van der Waals surface area contributed by atoms with Crippen LogP contribution in [0, 0.1) is 33.6 Å². The highest BCUT2D eigenvalue weighted by Gasteiger charge is 2.27. The van der Waals surface area contributed by atoms with Crippen molar-refractivity contribution in [3.05, 3.63) is 64.7 Å². The van der Waals surface area contributed by atoms with E-state index in [4.69, 9.17) is 0 Å². The van der Waals surface area contributed by atoms with Crippen LogP contribution in [-0.4, -0.2) is 32.6 Å². The molecule has 6 nitrogen and oxygen atoms in total. The summed E-state index contributed by atoms with van der Waals surface area (Å²) >= 11 is 0. The highest BCUT2D eigenvalue weighted by atomic mass is 32.2. The van der Waals surface area contributed by atoms with Crippen molar-refractivity contribution < 1.29 is 18.3 Å². The quantitative estimate of drug-likeness (QED) is 0.541. The lowest BCUT2D eigenvalue weighted by molar-refractivity contribution is -0.141. The first kappa shape index (κ1) is 23.1. The Morgan fingerprint density at radius 1 is 1.00 bits per heavy atom. The minimum Gasteiger partial charge on any atom is -0.481 e. The van der Waals surface area contributed by atoms with Crippen LogP contribution in [0.3, 0.4) is 0 Å². The van der Waals surface area contributed by atoms with Gasteiger partial charge in [-0.1, -0.05) is 30.3 Å². The highest BCUT2D eigenvalue weighted by Crippen LogP contribution is 2.36. The molecule has 0 spiro atoms. The number of sulfonamides is 1. The molecule has 0 amide bonds. The van der Waals surface area contributed by atoms with Gasteiger partial charge in [-0.15, -0.1) is 0 Å². The van der Waals surface area contributed by atoms with Gasteiger partial charge in [0, 0.05) is 29.5 Å². The molecule has 2 N–H and O–H groups in total. The van der Waals surface area contributed by atoms with Crippen LogP contribution in [0.4, 0.5) is 11.4 Å². The van der Waals surface area contributed by atoms with Crippen LogP contribution < -0.4 is 9.62 Å². The largest absolute Gasteiger partial charge is 0.481 e. The summed E-state index contributed by atoms with van der Waals surface area (Å²) in [4.78, 5) is 14.0. The molecule has 3 aromatic carbocycles. The molecule has 0 bridgehead atoms. The Hall–Kier alpha value is -3.06. The van der Waals surface area contributed by atoms with Gasteiger partial charge in [-0.3, -0.25) is 9.52 Å². The summed E-state index contributed by atoms with van der Waals surface area (Å²) in [6.07, 6.45) is 1.49. The predicted molar refractivity (Wildman–Crippen MR) is 133 cm³/mol. The lowest BCUT2D eigenvalue weighted by Gasteiger charge is -2.33. The second-order valence-electron chi connectivity index (χ2n) is 9.00. The maximum absolute atomic E-state index is 13.5. The molecule has 0 aromatic heterocycles. The molecular formula is C26H30N2O4S. The number of hydrogen-bond donors (Lipinski definition) is 2. The molecule has 1 saturated heterocycles. The van der Waals surface area contributed by atoms with Crippen LogP contribution in [0.1, 0.15) is 35.1 Å². The summed E-state index contributed by atoms with van der Waals surface area (Å²) in [5.41, 5.74) is 4.82. The normalized spacial score (nSPS) is 16.7. The SMILES string of the molecule is Cc1cc(C)c(C)c(S(=O)(=O)Nc2ccc(N3CCC[C@@H](C(=O)O)C3)c3ccccc23)c1C. The zero-order chi connectivity index (χ0) is 23.9. The molecule has 1 fully saturated rings. The number of carboxylic acid groups (broad SMARTS) is 1. The maximum Gasteiger partial charge on any atom is 0.308 e. The molecule has 1 atom stereocenters. The molecule has 4 rings (SSSR count). The Balaban J connectivity index is 1.77. The first-order valence-electron chi connectivity index (χ1n) is 11.2. The summed E-state index contributed by atoms with van der Waals surface area (Å²) in [7, 11) is -3.81. The van der Waals surface area contributed by atoms with Gasteiger partial charge in [-0.2, -0.15) is 0 Å². The summed E-state index contributed by atoms with van der Waals surface area (Å²) < 4.78 is 29.8. The average Bonchev–Trinajstić information content (AvgIpc) is 2.78. The lowest BCUT2D eigenvalue weighted by Crippen LogP contribution is -2.38. The molecule has 0 saturated carbocycles. The molecule has 1 heterocycles. The number of anilines is 2. The fourth-order valence-corrected chi connectivity index (χ4v) is 6.52. The van der Waals surface area contributed by atoms with Crippen molar-refractivity contribution in [2.45, 2.75) is 45.4 Å². The van der Waals surface area contributed by atoms with Gasteiger partial charge in [-0.05, 0) is 74.9 Å². The number of nitrogens with zero attached hydrogens (tertiary/aromatic N) is 1. The Morgan fingerprint density at radius 2 is 1.64 bits per heavy atom. The van der Waals surface area contributed by atoms with E-state index in [-0.39, 0.29) is 0 Å². The monoisotopic (exact) mass is 466 g/mol. The van der Waals surface area contributed by atoms with Gasteiger partial charge in [0.1, 0.15) is 0 Å². The van der Waals surface area contributed by atoms with Gasteiger partial charge >= 0.3 is 5.97 Å². The zero-order valence-corrected chi connectivity index (χ0v) is 20.3. The van der Waals surface area contributed by atoms with E-state index in [9.17, 15) is 18.3 Å². The number of rotatable bonds is 5.